The average Bonchev–Trinajstić information content (AvgIpc) is 3.31. The highest BCUT2D eigenvalue weighted by atomic mass is 14.9. The molecule has 0 radical (unpaired) electrons. The quantitative estimate of drug-likeness (QED) is 0.219. The van der Waals surface area contributed by atoms with E-state index in [9.17, 15) is 0 Å². The Morgan fingerprint density at radius 2 is 1.09 bits per heavy atom. The number of nitrogens with one attached hydrogen (secondary N) is 1. The zero-order valence-corrected chi connectivity index (χ0v) is 25.3. The molecule has 2 aliphatic carbocycles. The molecular weight excluding hydrogens is 530 g/mol. The van der Waals surface area contributed by atoms with Crippen LogP contribution in [0.2, 0.25) is 0 Å². The Bertz CT molecular complexity index is 2060. The van der Waals surface area contributed by atoms with Crippen molar-refractivity contribution < 1.29 is 0 Å². The largest absolute Gasteiger partial charge is 0.356 e. The van der Waals surface area contributed by atoms with Gasteiger partial charge in [0.15, 0.2) is 0 Å². The highest BCUT2D eigenvalue weighted by Gasteiger charge is 2.39. The van der Waals surface area contributed by atoms with Crippen LogP contribution in [0.4, 0.5) is 11.4 Å². The topological polar surface area (TPSA) is 12.0 Å². The van der Waals surface area contributed by atoms with Crippen LogP contribution in [-0.2, 0) is 5.41 Å². The highest BCUT2D eigenvalue weighted by molar-refractivity contribution is 6.06. The molecule has 212 valence electrons. The van der Waals surface area contributed by atoms with Crippen molar-refractivity contribution in [3.63, 3.8) is 0 Å². The van der Waals surface area contributed by atoms with Gasteiger partial charge >= 0.3 is 0 Å². The van der Waals surface area contributed by atoms with Gasteiger partial charge in [0.1, 0.15) is 0 Å². The Morgan fingerprint density at radius 1 is 0.545 bits per heavy atom. The fourth-order valence-electron chi connectivity index (χ4n) is 7.23. The Balaban J connectivity index is 1.09. The van der Waals surface area contributed by atoms with Crippen LogP contribution in [0.1, 0.15) is 37.8 Å². The molecule has 0 aliphatic heterocycles. The van der Waals surface area contributed by atoms with Crippen LogP contribution in [-0.4, -0.2) is 0 Å². The lowest BCUT2D eigenvalue weighted by Crippen LogP contribution is -2.16. The van der Waals surface area contributed by atoms with Gasteiger partial charge in [0.2, 0.25) is 0 Å². The summed E-state index contributed by atoms with van der Waals surface area (Å²) in [6.07, 6.45) is 6.96. The van der Waals surface area contributed by atoms with Crippen LogP contribution >= 0.6 is 0 Å². The lowest BCUT2D eigenvalue weighted by Gasteiger charge is -2.24. The molecule has 6 aromatic rings. The third kappa shape index (κ3) is 4.48. The van der Waals surface area contributed by atoms with E-state index in [1.807, 2.05) is 0 Å². The first-order valence-electron chi connectivity index (χ1n) is 15.7. The van der Waals surface area contributed by atoms with Crippen LogP contribution in [0.15, 0.2) is 151 Å². The number of allylic oxidation sites excluding steroid dienone is 4. The van der Waals surface area contributed by atoms with Crippen molar-refractivity contribution >= 4 is 27.7 Å². The van der Waals surface area contributed by atoms with Gasteiger partial charge in [0.05, 0.1) is 0 Å². The van der Waals surface area contributed by atoms with Crippen molar-refractivity contribution in [2.24, 2.45) is 0 Å². The van der Waals surface area contributed by atoms with Crippen LogP contribution in [0.25, 0.3) is 49.7 Å². The summed E-state index contributed by atoms with van der Waals surface area (Å²) >= 11 is 0. The van der Waals surface area contributed by atoms with Gasteiger partial charge in [0, 0.05) is 16.8 Å². The summed E-state index contributed by atoms with van der Waals surface area (Å²) in [6.45, 7) is 4.79. The average molecular weight is 566 g/mol. The maximum Gasteiger partial charge on any atom is 0.0384 e. The summed E-state index contributed by atoms with van der Waals surface area (Å²) in [5.74, 6) is 0. The number of fused-ring (bicyclic) bond motifs is 3. The van der Waals surface area contributed by atoms with Crippen molar-refractivity contribution in [2.75, 3.05) is 5.32 Å². The molecule has 6 aromatic carbocycles. The molecule has 0 heterocycles. The predicted octanol–water partition coefficient (Wildman–Crippen LogP) is 12.0. The summed E-state index contributed by atoms with van der Waals surface area (Å²) in [5, 5.41) is 6.21. The zero-order valence-electron chi connectivity index (χ0n) is 25.3. The summed E-state index contributed by atoms with van der Waals surface area (Å²) < 4.78 is 0. The minimum absolute atomic E-state index is 0.0139. The molecule has 1 heteroatoms. The van der Waals surface area contributed by atoms with Crippen LogP contribution < -0.4 is 5.32 Å². The molecule has 0 fully saturated rings. The van der Waals surface area contributed by atoms with Crippen molar-refractivity contribution in [2.45, 2.75) is 32.1 Å². The Morgan fingerprint density at radius 3 is 1.75 bits per heavy atom. The maximum atomic E-state index is 3.55. The molecule has 0 aromatic heterocycles. The van der Waals surface area contributed by atoms with E-state index in [-0.39, 0.29) is 5.41 Å². The summed E-state index contributed by atoms with van der Waals surface area (Å²) in [6, 6.07) is 48.4. The van der Waals surface area contributed by atoms with Gasteiger partial charge < -0.3 is 5.32 Å². The molecule has 0 atom stereocenters. The van der Waals surface area contributed by atoms with Gasteiger partial charge in [-0.05, 0) is 110 Å². The van der Waals surface area contributed by atoms with E-state index in [0.717, 1.165) is 24.2 Å². The molecule has 0 saturated carbocycles. The minimum Gasteiger partial charge on any atom is -0.356 e. The second-order valence-electron chi connectivity index (χ2n) is 12.6. The molecule has 1 N–H and O–H groups in total. The van der Waals surface area contributed by atoms with Crippen molar-refractivity contribution in [1.29, 1.82) is 0 Å². The van der Waals surface area contributed by atoms with Gasteiger partial charge in [0.25, 0.3) is 0 Å². The summed E-state index contributed by atoms with van der Waals surface area (Å²) in [7, 11) is 0. The maximum absolute atomic E-state index is 3.55. The van der Waals surface area contributed by atoms with Crippen molar-refractivity contribution in [3.05, 3.63) is 162 Å². The first kappa shape index (κ1) is 26.5. The molecular formula is C43H35N. The number of hydrogen-bond acceptors (Lipinski definition) is 1. The lowest BCUT2D eigenvalue weighted by atomic mass is 9.79. The van der Waals surface area contributed by atoms with E-state index < -0.39 is 0 Å². The Hall–Kier alpha value is -5.14. The van der Waals surface area contributed by atoms with E-state index >= 15 is 0 Å². The fraction of sp³-hybridized carbons (Fsp3) is 0.116. The van der Waals surface area contributed by atoms with E-state index in [4.69, 9.17) is 0 Å². The third-order valence-electron chi connectivity index (χ3n) is 9.54. The van der Waals surface area contributed by atoms with Crippen LogP contribution in [0, 0.1) is 0 Å². The first-order chi connectivity index (χ1) is 21.6. The van der Waals surface area contributed by atoms with E-state index in [0.29, 0.717) is 0 Å². The Labute approximate surface area is 260 Å². The number of benzene rings is 6. The zero-order chi connectivity index (χ0) is 29.7. The van der Waals surface area contributed by atoms with E-state index in [1.165, 1.54) is 66.4 Å². The summed E-state index contributed by atoms with van der Waals surface area (Å²) in [4.78, 5) is 0. The van der Waals surface area contributed by atoms with Gasteiger partial charge in [-0.1, -0.05) is 129 Å². The smallest absolute Gasteiger partial charge is 0.0384 e. The van der Waals surface area contributed by atoms with Gasteiger partial charge in [-0.3, -0.25) is 0 Å². The molecule has 0 spiro atoms. The lowest BCUT2D eigenvalue weighted by molar-refractivity contribution is 0.652. The van der Waals surface area contributed by atoms with Gasteiger partial charge in [-0.25, -0.2) is 0 Å². The van der Waals surface area contributed by atoms with Gasteiger partial charge in [-0.15, -0.1) is 0 Å². The molecule has 0 unspecified atom stereocenters. The Kier molecular flexibility index (Phi) is 6.34. The number of rotatable bonds is 5. The fourth-order valence-corrected chi connectivity index (χ4v) is 7.23. The van der Waals surface area contributed by atoms with Crippen molar-refractivity contribution in [3.8, 4) is 33.4 Å². The van der Waals surface area contributed by atoms with Crippen LogP contribution in [0.3, 0.4) is 0 Å². The van der Waals surface area contributed by atoms with Crippen LogP contribution in [0.5, 0.6) is 0 Å². The predicted molar refractivity (Wildman–Crippen MR) is 188 cm³/mol. The van der Waals surface area contributed by atoms with Gasteiger partial charge in [-0.2, -0.15) is 0 Å². The molecule has 44 heavy (non-hydrogen) atoms. The molecule has 1 nitrogen and oxygen atoms in total. The number of hydrogen-bond donors (Lipinski definition) is 1. The second kappa shape index (κ2) is 10.5. The minimum atomic E-state index is 0.0139. The van der Waals surface area contributed by atoms with E-state index in [1.54, 1.807) is 0 Å². The standard InChI is InChI=1S/C43H35N/c1-43(2)39-15-9-8-14-38(39)42-40(43)28-34-12-6-7-13-37(34)41(42)33-18-16-30(17-19-33)32-22-26-36(27-23-32)44-35-24-20-31(21-25-35)29-10-4-3-5-11-29/h3-7,9-13,15-28,44H,8,14H2,1-2H3. The van der Waals surface area contributed by atoms with Crippen molar-refractivity contribution in [1.82, 2.24) is 0 Å². The molecule has 2 aliphatic rings. The second-order valence-corrected chi connectivity index (χ2v) is 12.6. The highest BCUT2D eigenvalue weighted by Crippen LogP contribution is 2.54. The molecule has 0 amide bonds. The first-order valence-corrected chi connectivity index (χ1v) is 15.7. The summed E-state index contributed by atoms with van der Waals surface area (Å²) in [5.41, 5.74) is 15.7. The third-order valence-corrected chi connectivity index (χ3v) is 9.54. The number of anilines is 2. The normalized spacial score (nSPS) is 14.9. The molecule has 0 saturated heterocycles. The van der Waals surface area contributed by atoms with E-state index in [2.05, 4.69) is 165 Å². The molecule has 8 rings (SSSR count). The molecule has 0 bridgehead atoms. The monoisotopic (exact) mass is 565 g/mol. The SMILES string of the molecule is CC1(C)C2=C(CCC=C2)c2c1cc1ccccc1c2-c1ccc(-c2ccc(Nc3ccc(-c4ccccc4)cc3)cc2)cc1.